The normalized spacial score (nSPS) is 18.8. The Morgan fingerprint density at radius 1 is 1.60 bits per heavy atom. The Hall–Kier alpha value is -1.06. The number of rotatable bonds is 1. The van der Waals surface area contributed by atoms with E-state index in [0.29, 0.717) is 11.6 Å². The average molecular weight is 140 g/mol. The van der Waals surface area contributed by atoms with Crippen molar-refractivity contribution in [3.05, 3.63) is 16.0 Å². The number of hydrogen-bond donors (Lipinski definition) is 1. The lowest BCUT2D eigenvalue weighted by Crippen LogP contribution is -2.17. The molecule has 1 fully saturated rings. The lowest BCUT2D eigenvalue weighted by molar-refractivity contribution is 0.291. The van der Waals surface area contributed by atoms with Crippen LogP contribution in [0.2, 0.25) is 0 Å². The molecule has 0 unspecified atom stereocenters. The molecule has 0 radical (unpaired) electrons. The van der Waals surface area contributed by atoms with Gasteiger partial charge in [0.2, 0.25) is 0 Å². The first-order chi connectivity index (χ1) is 4.88. The first-order valence-corrected chi connectivity index (χ1v) is 3.42. The number of nitrogens with one attached hydrogen (secondary N) is 1. The summed E-state index contributed by atoms with van der Waals surface area (Å²) in [4.78, 5) is 10.8. The summed E-state index contributed by atoms with van der Waals surface area (Å²) < 4.78 is 4.41. The van der Waals surface area contributed by atoms with E-state index in [1.807, 2.05) is 0 Å². The molecule has 1 aliphatic carbocycles. The highest BCUT2D eigenvalue weighted by Gasteiger charge is 2.24. The summed E-state index contributed by atoms with van der Waals surface area (Å²) in [5.41, 5.74) is 0.413. The van der Waals surface area contributed by atoms with Crippen LogP contribution in [0.4, 0.5) is 0 Å². The lowest BCUT2D eigenvalue weighted by atomic mass is 9.83. The summed E-state index contributed by atoms with van der Waals surface area (Å²) in [5.74, 6) is 0.363. The van der Waals surface area contributed by atoms with Crippen LogP contribution < -0.4 is 5.56 Å². The van der Waals surface area contributed by atoms with E-state index in [1.165, 1.54) is 6.42 Å². The smallest absolute Gasteiger partial charge is 0.267 e. The quantitative estimate of drug-likeness (QED) is 0.622. The fourth-order valence-corrected chi connectivity index (χ4v) is 1.15. The molecule has 1 aromatic rings. The van der Waals surface area contributed by atoms with E-state index in [9.17, 15) is 4.79 Å². The highest BCUT2D eigenvalue weighted by Crippen LogP contribution is 2.33. The summed E-state index contributed by atoms with van der Waals surface area (Å²) in [5, 5.41) is 5.77. The van der Waals surface area contributed by atoms with E-state index in [0.717, 1.165) is 12.8 Å². The highest BCUT2D eigenvalue weighted by atomic mass is 16.6. The van der Waals surface area contributed by atoms with Gasteiger partial charge in [0.1, 0.15) is 0 Å². The second-order valence-electron chi connectivity index (χ2n) is 2.63. The van der Waals surface area contributed by atoms with Crippen molar-refractivity contribution in [2.24, 2.45) is 0 Å². The van der Waals surface area contributed by atoms with E-state index < -0.39 is 0 Å². The van der Waals surface area contributed by atoms with Crippen molar-refractivity contribution in [1.82, 2.24) is 10.3 Å². The molecule has 1 aromatic heterocycles. The van der Waals surface area contributed by atoms with Crippen molar-refractivity contribution in [2.45, 2.75) is 25.2 Å². The number of hydrogen-bond acceptors (Lipinski definition) is 3. The molecule has 0 saturated heterocycles. The van der Waals surface area contributed by atoms with Gasteiger partial charge in [0.25, 0.3) is 0 Å². The maximum atomic E-state index is 10.8. The Balaban J connectivity index is 2.32. The molecule has 0 aliphatic heterocycles. The molecule has 0 amide bonds. The predicted octanol–water partition coefficient (Wildman–Crippen LogP) is 0.630. The van der Waals surface area contributed by atoms with E-state index >= 15 is 0 Å². The molecular formula is C6H8N2O2. The Morgan fingerprint density at radius 3 is 2.80 bits per heavy atom. The molecule has 0 spiro atoms. The first kappa shape index (κ1) is 5.70. The van der Waals surface area contributed by atoms with Gasteiger partial charge in [-0.3, -0.25) is 9.42 Å². The zero-order valence-corrected chi connectivity index (χ0v) is 5.46. The van der Waals surface area contributed by atoms with E-state index in [4.69, 9.17) is 0 Å². The van der Waals surface area contributed by atoms with Gasteiger partial charge in [0, 0.05) is 5.92 Å². The van der Waals surface area contributed by atoms with Crippen LogP contribution in [0.1, 0.15) is 30.9 Å². The van der Waals surface area contributed by atoms with Crippen LogP contribution in [0, 0.1) is 0 Å². The summed E-state index contributed by atoms with van der Waals surface area (Å²) in [6.07, 6.45) is 3.36. The molecule has 0 bridgehead atoms. The van der Waals surface area contributed by atoms with Crippen LogP contribution >= 0.6 is 0 Å². The molecule has 4 nitrogen and oxygen atoms in total. The van der Waals surface area contributed by atoms with Crippen molar-refractivity contribution >= 4 is 0 Å². The third-order valence-electron chi connectivity index (χ3n) is 2.01. The molecule has 0 aromatic carbocycles. The van der Waals surface area contributed by atoms with Crippen LogP contribution in [-0.2, 0) is 0 Å². The van der Waals surface area contributed by atoms with Crippen LogP contribution in [-0.4, -0.2) is 10.3 Å². The van der Waals surface area contributed by atoms with Crippen molar-refractivity contribution in [2.75, 3.05) is 0 Å². The van der Waals surface area contributed by atoms with Crippen LogP contribution in [0.3, 0.4) is 0 Å². The van der Waals surface area contributed by atoms with Gasteiger partial charge in [0.15, 0.2) is 5.69 Å². The number of aromatic amines is 1. The molecule has 1 heterocycles. The third kappa shape index (κ3) is 0.683. The Labute approximate surface area is 57.2 Å². The van der Waals surface area contributed by atoms with Crippen molar-refractivity contribution in [3.8, 4) is 0 Å². The van der Waals surface area contributed by atoms with E-state index in [1.54, 1.807) is 0 Å². The highest BCUT2D eigenvalue weighted by molar-refractivity contribution is 5.04. The summed E-state index contributed by atoms with van der Waals surface area (Å²) in [6.45, 7) is 0. The molecule has 4 heteroatoms. The molecule has 0 atom stereocenters. The average Bonchev–Trinajstić information content (AvgIpc) is 2.12. The molecule has 2 rings (SSSR count). The van der Waals surface area contributed by atoms with Gasteiger partial charge < -0.3 is 0 Å². The van der Waals surface area contributed by atoms with Crippen LogP contribution in [0.5, 0.6) is 0 Å². The van der Waals surface area contributed by atoms with Gasteiger partial charge in [-0.05, 0) is 12.8 Å². The van der Waals surface area contributed by atoms with Crippen molar-refractivity contribution < 1.29 is 4.63 Å². The Morgan fingerprint density at radius 2 is 2.40 bits per heavy atom. The number of aromatic nitrogens is 2. The SMILES string of the molecule is O=c1[nH]onc1C1CCC1. The molecular weight excluding hydrogens is 132 g/mol. The second-order valence-corrected chi connectivity index (χ2v) is 2.63. The van der Waals surface area contributed by atoms with Gasteiger partial charge in [-0.15, -0.1) is 0 Å². The largest absolute Gasteiger partial charge is 0.304 e. The van der Waals surface area contributed by atoms with Gasteiger partial charge in [-0.1, -0.05) is 11.6 Å². The molecule has 54 valence electrons. The monoisotopic (exact) mass is 140 g/mol. The maximum Gasteiger partial charge on any atom is 0.304 e. The third-order valence-corrected chi connectivity index (χ3v) is 2.01. The van der Waals surface area contributed by atoms with Gasteiger partial charge >= 0.3 is 5.56 Å². The van der Waals surface area contributed by atoms with Gasteiger partial charge in [-0.25, -0.2) is 0 Å². The number of H-pyrrole nitrogens is 1. The standard InChI is InChI=1S/C6H8N2O2/c9-6-5(7-10-8-6)4-2-1-3-4/h4H,1-3H2,(H,8,9). The maximum absolute atomic E-state index is 10.8. The van der Waals surface area contributed by atoms with Crippen LogP contribution in [0.25, 0.3) is 0 Å². The van der Waals surface area contributed by atoms with Crippen molar-refractivity contribution in [1.29, 1.82) is 0 Å². The zero-order chi connectivity index (χ0) is 6.97. The fourth-order valence-electron chi connectivity index (χ4n) is 1.15. The second kappa shape index (κ2) is 1.97. The zero-order valence-electron chi connectivity index (χ0n) is 5.46. The summed E-state index contributed by atoms with van der Waals surface area (Å²) in [6, 6.07) is 0. The molecule has 1 N–H and O–H groups in total. The molecule has 10 heavy (non-hydrogen) atoms. The van der Waals surface area contributed by atoms with E-state index in [-0.39, 0.29) is 5.56 Å². The predicted molar refractivity (Wildman–Crippen MR) is 33.7 cm³/mol. The Bertz CT molecular complexity index is 271. The van der Waals surface area contributed by atoms with Crippen LogP contribution in [0.15, 0.2) is 9.42 Å². The minimum Gasteiger partial charge on any atom is -0.267 e. The first-order valence-electron chi connectivity index (χ1n) is 3.42. The summed E-state index contributed by atoms with van der Waals surface area (Å²) >= 11 is 0. The lowest BCUT2D eigenvalue weighted by Gasteiger charge is -2.20. The van der Waals surface area contributed by atoms with Gasteiger partial charge in [-0.2, -0.15) is 5.16 Å². The molecule has 1 saturated carbocycles. The van der Waals surface area contributed by atoms with Gasteiger partial charge in [0.05, 0.1) is 0 Å². The van der Waals surface area contributed by atoms with Crippen molar-refractivity contribution in [3.63, 3.8) is 0 Å². The Kier molecular flexibility index (Phi) is 1.12. The van der Waals surface area contributed by atoms with E-state index in [2.05, 4.69) is 14.9 Å². The minimum absolute atomic E-state index is 0.162. The molecule has 1 aliphatic rings. The minimum atomic E-state index is -0.162. The fraction of sp³-hybridized carbons (Fsp3) is 0.667. The number of nitrogens with zero attached hydrogens (tertiary/aromatic N) is 1. The topological polar surface area (TPSA) is 58.9 Å². The summed E-state index contributed by atoms with van der Waals surface area (Å²) in [7, 11) is 0.